The summed E-state index contributed by atoms with van der Waals surface area (Å²) in [6, 6.07) is 5.82. The van der Waals surface area contributed by atoms with E-state index in [1.54, 1.807) is 6.07 Å². The fourth-order valence-corrected chi connectivity index (χ4v) is 3.99. The summed E-state index contributed by atoms with van der Waals surface area (Å²) < 4.78 is 17.3. The highest BCUT2D eigenvalue weighted by Crippen LogP contribution is 2.41. The maximum absolute atomic E-state index is 13.3. The Bertz CT molecular complexity index is 740. The van der Waals surface area contributed by atoms with Crippen LogP contribution in [0.15, 0.2) is 18.2 Å². The number of benzene rings is 1. The fraction of sp³-hybridized carbons (Fsp3) is 0.759. The molecule has 1 rings (SSSR count). The molecule has 0 heterocycles. The Morgan fingerprint density at radius 1 is 0.943 bits per heavy atom. The fourth-order valence-electron chi connectivity index (χ4n) is 3.99. The number of ketones is 1. The Morgan fingerprint density at radius 2 is 1.49 bits per heavy atom. The summed E-state index contributed by atoms with van der Waals surface area (Å²) in [5.74, 6) is 0.477. The van der Waals surface area contributed by atoms with E-state index in [-0.39, 0.29) is 28.4 Å². The topological polar surface area (TPSA) is 65.0 Å². The molecule has 0 saturated heterocycles. The van der Waals surface area contributed by atoms with Crippen molar-refractivity contribution in [1.29, 1.82) is 0 Å². The van der Waals surface area contributed by atoms with E-state index in [1.807, 2.05) is 13.0 Å². The van der Waals surface area contributed by atoms with Gasteiger partial charge in [0.15, 0.2) is 0 Å². The molecule has 0 aliphatic rings. The third kappa shape index (κ3) is 11.5. The van der Waals surface area contributed by atoms with Gasteiger partial charge in [-0.1, -0.05) is 87.3 Å². The molecule has 2 atom stereocenters. The molecule has 0 saturated carbocycles. The molecule has 5 nitrogen and oxygen atoms in total. The maximum atomic E-state index is 13.3. The van der Waals surface area contributed by atoms with Crippen LogP contribution in [0.1, 0.15) is 118 Å². The molecule has 0 aliphatic heterocycles. The van der Waals surface area contributed by atoms with Crippen molar-refractivity contribution in [3.63, 3.8) is 0 Å². The molecule has 0 aliphatic carbocycles. The number of phenols is 1. The van der Waals surface area contributed by atoms with Gasteiger partial charge >= 0.3 is 7.32 Å². The van der Waals surface area contributed by atoms with Crippen molar-refractivity contribution < 1.29 is 23.9 Å². The highest BCUT2D eigenvalue weighted by Gasteiger charge is 2.31. The van der Waals surface area contributed by atoms with Crippen LogP contribution in [0.3, 0.4) is 0 Å². The van der Waals surface area contributed by atoms with E-state index in [0.29, 0.717) is 38.4 Å². The van der Waals surface area contributed by atoms with Crippen molar-refractivity contribution >= 4 is 13.1 Å². The summed E-state index contributed by atoms with van der Waals surface area (Å²) in [6.07, 6.45) is 5.13. The lowest BCUT2D eigenvalue weighted by Crippen LogP contribution is -2.30. The molecule has 35 heavy (non-hydrogen) atoms. The van der Waals surface area contributed by atoms with Crippen LogP contribution in [-0.2, 0) is 24.2 Å². The number of hydrogen-bond donors (Lipinski definition) is 1. The Hall–Kier alpha value is -1.37. The number of phenolic OH excluding ortho intramolecular Hbond substituents is 1. The van der Waals surface area contributed by atoms with Gasteiger partial charge in [-0.25, -0.2) is 0 Å². The van der Waals surface area contributed by atoms with Crippen LogP contribution >= 0.6 is 0 Å². The molecule has 200 valence electrons. The van der Waals surface area contributed by atoms with Crippen LogP contribution in [0.5, 0.6) is 5.75 Å². The van der Waals surface area contributed by atoms with Crippen LogP contribution < -0.4 is 0 Å². The van der Waals surface area contributed by atoms with Crippen LogP contribution in [-0.4, -0.2) is 38.0 Å². The maximum Gasteiger partial charge on any atom is 0.639 e. The van der Waals surface area contributed by atoms with Gasteiger partial charge in [0.1, 0.15) is 11.5 Å². The first kappa shape index (κ1) is 31.7. The van der Waals surface area contributed by atoms with Gasteiger partial charge in [-0.05, 0) is 53.2 Å². The molecule has 0 radical (unpaired) electrons. The van der Waals surface area contributed by atoms with Crippen LogP contribution in [0, 0.1) is 11.3 Å². The molecule has 0 aromatic heterocycles. The van der Waals surface area contributed by atoms with Gasteiger partial charge in [0.25, 0.3) is 0 Å². The Morgan fingerprint density at radius 3 is 1.97 bits per heavy atom. The number of carbonyl (C=O) groups is 1. The molecule has 6 heteroatoms. The summed E-state index contributed by atoms with van der Waals surface area (Å²) >= 11 is 0. The largest absolute Gasteiger partial charge is 0.639 e. The van der Waals surface area contributed by atoms with E-state index >= 15 is 0 Å². The zero-order valence-corrected chi connectivity index (χ0v) is 23.9. The average Bonchev–Trinajstić information content (AvgIpc) is 2.76. The third-order valence-electron chi connectivity index (χ3n) is 6.54. The van der Waals surface area contributed by atoms with Gasteiger partial charge in [-0.3, -0.25) is 4.79 Å². The van der Waals surface area contributed by atoms with Gasteiger partial charge in [0, 0.05) is 32.2 Å². The molecular weight excluding hydrogens is 439 g/mol. The van der Waals surface area contributed by atoms with E-state index in [0.717, 1.165) is 36.8 Å². The molecule has 1 N–H and O–H groups in total. The first-order chi connectivity index (χ1) is 16.3. The standard InChI is InChI=1S/C29H51BO5/c1-10-12-17-33-30(34-18-13-11-2)35-19-16-22(3)27(32)21-24(28(4,5)6)23-14-15-26(31)25(20-23)29(7,8)9/h14-15,20,22,24,31H,10-13,16-19,21H2,1-9H3. The van der Waals surface area contributed by atoms with Gasteiger partial charge in [0.2, 0.25) is 0 Å². The summed E-state index contributed by atoms with van der Waals surface area (Å²) in [4.78, 5) is 13.3. The second-order valence-corrected chi connectivity index (χ2v) is 11.9. The zero-order valence-electron chi connectivity index (χ0n) is 23.9. The van der Waals surface area contributed by atoms with Crippen LogP contribution in [0.2, 0.25) is 0 Å². The second kappa shape index (κ2) is 15.0. The number of aromatic hydroxyl groups is 1. The minimum absolute atomic E-state index is 0.0579. The lowest BCUT2D eigenvalue weighted by Gasteiger charge is -2.33. The Kier molecular flexibility index (Phi) is 13.6. The predicted molar refractivity (Wildman–Crippen MR) is 146 cm³/mol. The van der Waals surface area contributed by atoms with Crippen molar-refractivity contribution in [2.75, 3.05) is 19.8 Å². The normalized spacial score (nSPS) is 14.1. The van der Waals surface area contributed by atoms with Crippen LogP contribution in [0.4, 0.5) is 0 Å². The number of hydrogen-bond acceptors (Lipinski definition) is 5. The van der Waals surface area contributed by atoms with E-state index in [9.17, 15) is 9.90 Å². The summed E-state index contributed by atoms with van der Waals surface area (Å²) in [7, 11) is -0.662. The summed E-state index contributed by atoms with van der Waals surface area (Å²) in [6.45, 7) is 20.7. The van der Waals surface area contributed by atoms with E-state index in [2.05, 4.69) is 61.5 Å². The second-order valence-electron chi connectivity index (χ2n) is 11.9. The predicted octanol–water partition coefficient (Wildman–Crippen LogP) is 7.44. The van der Waals surface area contributed by atoms with Crippen molar-refractivity contribution in [3.8, 4) is 5.75 Å². The average molecular weight is 491 g/mol. The van der Waals surface area contributed by atoms with Crippen molar-refractivity contribution in [3.05, 3.63) is 29.3 Å². The smallest absolute Gasteiger partial charge is 0.508 e. The summed E-state index contributed by atoms with van der Waals surface area (Å²) in [5.41, 5.74) is 1.75. The Balaban J connectivity index is 2.80. The van der Waals surface area contributed by atoms with Crippen molar-refractivity contribution in [1.82, 2.24) is 0 Å². The molecule has 0 spiro atoms. The van der Waals surface area contributed by atoms with Crippen molar-refractivity contribution in [2.24, 2.45) is 11.3 Å². The lowest BCUT2D eigenvalue weighted by molar-refractivity contribution is -0.123. The van der Waals surface area contributed by atoms with Gasteiger partial charge in [-0.2, -0.15) is 0 Å². The molecule has 0 bridgehead atoms. The SMILES string of the molecule is CCCCOB(OCCCC)OCCC(C)C(=O)CC(c1ccc(O)c(C(C)(C)C)c1)C(C)(C)C. The highest BCUT2D eigenvalue weighted by atomic mass is 16.7. The highest BCUT2D eigenvalue weighted by molar-refractivity contribution is 6.36. The summed E-state index contributed by atoms with van der Waals surface area (Å²) in [5, 5.41) is 10.4. The van der Waals surface area contributed by atoms with E-state index in [4.69, 9.17) is 14.0 Å². The van der Waals surface area contributed by atoms with Crippen molar-refractivity contribution in [2.45, 2.75) is 112 Å². The van der Waals surface area contributed by atoms with Gasteiger partial charge in [-0.15, -0.1) is 0 Å². The number of unbranched alkanes of at least 4 members (excludes halogenated alkanes) is 2. The number of Topliss-reactive ketones (excluding diaryl/α,β-unsaturated/α-hetero) is 1. The lowest BCUT2D eigenvalue weighted by atomic mass is 9.71. The molecular formula is C29H51BO5. The molecule has 1 aromatic carbocycles. The first-order valence-electron chi connectivity index (χ1n) is 13.5. The molecule has 1 aromatic rings. The van der Waals surface area contributed by atoms with E-state index in [1.165, 1.54) is 0 Å². The first-order valence-corrected chi connectivity index (χ1v) is 13.5. The van der Waals surface area contributed by atoms with Gasteiger partial charge in [0.05, 0.1) is 0 Å². The van der Waals surface area contributed by atoms with Gasteiger partial charge < -0.3 is 19.1 Å². The van der Waals surface area contributed by atoms with E-state index < -0.39 is 7.32 Å². The molecule has 2 unspecified atom stereocenters. The molecule has 0 amide bonds. The quantitative estimate of drug-likeness (QED) is 0.193. The number of rotatable bonds is 16. The minimum Gasteiger partial charge on any atom is -0.508 e. The zero-order chi connectivity index (χ0) is 26.6. The minimum atomic E-state index is -0.662. The molecule has 0 fully saturated rings. The monoisotopic (exact) mass is 490 g/mol. The Labute approximate surface area is 215 Å². The number of carbonyl (C=O) groups excluding carboxylic acids is 1. The van der Waals surface area contributed by atoms with Crippen LogP contribution in [0.25, 0.3) is 0 Å². The third-order valence-corrected chi connectivity index (χ3v) is 6.54.